The van der Waals surface area contributed by atoms with Crippen molar-refractivity contribution in [1.82, 2.24) is 0 Å². The number of sulfonamides is 1. The fourth-order valence-corrected chi connectivity index (χ4v) is 3.62. The summed E-state index contributed by atoms with van der Waals surface area (Å²) in [5.74, 6) is 0.656. The van der Waals surface area contributed by atoms with E-state index in [0.717, 1.165) is 11.4 Å². The highest BCUT2D eigenvalue weighted by molar-refractivity contribution is 7.92. The van der Waals surface area contributed by atoms with Gasteiger partial charge in [0.1, 0.15) is 5.75 Å². The van der Waals surface area contributed by atoms with Gasteiger partial charge < -0.3 is 10.1 Å². The first-order chi connectivity index (χ1) is 12.5. The molecule has 0 spiro atoms. The van der Waals surface area contributed by atoms with Gasteiger partial charge >= 0.3 is 0 Å². The predicted octanol–water partition coefficient (Wildman–Crippen LogP) is 4.89. The maximum absolute atomic E-state index is 12.3. The second kappa shape index (κ2) is 7.68. The Morgan fingerprint density at radius 3 is 2.19 bits per heavy atom. The van der Waals surface area contributed by atoms with Crippen molar-refractivity contribution in [2.75, 3.05) is 17.1 Å². The number of anilines is 3. The smallest absolute Gasteiger partial charge is 0.261 e. The monoisotopic (exact) mass is 388 g/mol. The largest absolute Gasteiger partial charge is 0.495 e. The zero-order chi connectivity index (χ0) is 18.6. The number of benzene rings is 3. The molecule has 0 radical (unpaired) electrons. The van der Waals surface area contributed by atoms with Crippen LogP contribution in [0.5, 0.6) is 5.75 Å². The van der Waals surface area contributed by atoms with Gasteiger partial charge in [0.25, 0.3) is 10.0 Å². The molecule has 0 saturated heterocycles. The number of ether oxygens (including phenoxy) is 1. The lowest BCUT2D eigenvalue weighted by molar-refractivity contribution is 0.417. The van der Waals surface area contributed by atoms with E-state index in [1.807, 2.05) is 0 Å². The number of hydrogen-bond acceptors (Lipinski definition) is 4. The first kappa shape index (κ1) is 18.1. The molecule has 0 fully saturated rings. The van der Waals surface area contributed by atoms with Crippen LogP contribution >= 0.6 is 11.6 Å². The van der Waals surface area contributed by atoms with Crippen LogP contribution in [-0.4, -0.2) is 15.5 Å². The summed E-state index contributed by atoms with van der Waals surface area (Å²) in [6, 6.07) is 20.4. The number of hydrogen-bond donors (Lipinski definition) is 2. The molecule has 0 aliphatic rings. The summed E-state index contributed by atoms with van der Waals surface area (Å²) >= 11 is 6.02. The lowest BCUT2D eigenvalue weighted by Gasteiger charge is -2.13. The van der Waals surface area contributed by atoms with Crippen molar-refractivity contribution in [1.29, 1.82) is 0 Å². The molecule has 5 nitrogen and oxygen atoms in total. The molecule has 0 bridgehead atoms. The molecular formula is C19H17ClN2O3S. The Balaban J connectivity index is 1.76. The standard InChI is InChI=1S/C19H17ClN2O3S/c1-25-19-12-7-14(20)13-18(19)21-15-8-10-16(11-9-15)22-26(23,24)17-5-3-2-4-6-17/h2-13,21-22H,1H3. The zero-order valence-corrected chi connectivity index (χ0v) is 15.5. The average Bonchev–Trinajstić information content (AvgIpc) is 2.64. The topological polar surface area (TPSA) is 67.4 Å². The average molecular weight is 389 g/mol. The van der Waals surface area contributed by atoms with Gasteiger partial charge in [0.2, 0.25) is 0 Å². The lowest BCUT2D eigenvalue weighted by atomic mass is 10.2. The molecule has 0 aliphatic carbocycles. The van der Waals surface area contributed by atoms with Crippen LogP contribution in [0.15, 0.2) is 77.7 Å². The van der Waals surface area contributed by atoms with Crippen LogP contribution in [0.25, 0.3) is 0 Å². The molecule has 3 rings (SSSR count). The van der Waals surface area contributed by atoms with E-state index in [1.165, 1.54) is 0 Å². The Morgan fingerprint density at radius 2 is 1.54 bits per heavy atom. The molecule has 0 aliphatic heterocycles. The van der Waals surface area contributed by atoms with Gasteiger partial charge in [0, 0.05) is 16.4 Å². The molecule has 7 heteroatoms. The van der Waals surface area contributed by atoms with Gasteiger partial charge in [-0.25, -0.2) is 8.42 Å². The number of halogens is 1. The summed E-state index contributed by atoms with van der Waals surface area (Å²) in [6.45, 7) is 0. The van der Waals surface area contributed by atoms with Gasteiger partial charge in [0.15, 0.2) is 0 Å². The molecule has 0 aromatic heterocycles. The molecule has 2 N–H and O–H groups in total. The van der Waals surface area contributed by atoms with E-state index in [4.69, 9.17) is 16.3 Å². The summed E-state index contributed by atoms with van der Waals surface area (Å²) in [5.41, 5.74) is 1.96. The predicted molar refractivity (Wildman–Crippen MR) is 105 cm³/mol. The first-order valence-electron chi connectivity index (χ1n) is 7.76. The van der Waals surface area contributed by atoms with Gasteiger partial charge in [0.05, 0.1) is 17.7 Å². The maximum Gasteiger partial charge on any atom is 0.261 e. The summed E-state index contributed by atoms with van der Waals surface area (Å²) in [7, 11) is -2.03. The van der Waals surface area contributed by atoms with Crippen molar-refractivity contribution in [3.8, 4) is 5.75 Å². The highest BCUT2D eigenvalue weighted by Crippen LogP contribution is 2.31. The van der Waals surface area contributed by atoms with E-state index in [2.05, 4.69) is 10.0 Å². The van der Waals surface area contributed by atoms with Crippen molar-refractivity contribution in [3.05, 3.63) is 77.8 Å². The van der Waals surface area contributed by atoms with Crippen LogP contribution in [0, 0.1) is 0 Å². The van der Waals surface area contributed by atoms with Crippen LogP contribution in [0.2, 0.25) is 5.02 Å². The Labute approximate surface area is 157 Å². The van der Waals surface area contributed by atoms with Gasteiger partial charge in [-0.15, -0.1) is 0 Å². The molecular weight excluding hydrogens is 372 g/mol. The highest BCUT2D eigenvalue weighted by atomic mass is 35.5. The van der Waals surface area contributed by atoms with E-state index < -0.39 is 10.0 Å². The van der Waals surface area contributed by atoms with Crippen molar-refractivity contribution in [2.45, 2.75) is 4.90 Å². The third-order valence-corrected chi connectivity index (χ3v) is 5.26. The second-order valence-electron chi connectivity index (χ2n) is 5.47. The molecule has 0 unspecified atom stereocenters. The lowest BCUT2D eigenvalue weighted by Crippen LogP contribution is -2.12. The van der Waals surface area contributed by atoms with E-state index in [1.54, 1.807) is 79.9 Å². The second-order valence-corrected chi connectivity index (χ2v) is 7.58. The summed E-state index contributed by atoms with van der Waals surface area (Å²) in [4.78, 5) is 0.214. The summed E-state index contributed by atoms with van der Waals surface area (Å²) in [6.07, 6.45) is 0. The maximum atomic E-state index is 12.3. The first-order valence-corrected chi connectivity index (χ1v) is 9.62. The highest BCUT2D eigenvalue weighted by Gasteiger charge is 2.13. The Morgan fingerprint density at radius 1 is 0.885 bits per heavy atom. The molecule has 0 heterocycles. The fourth-order valence-electron chi connectivity index (χ4n) is 2.37. The van der Waals surface area contributed by atoms with Gasteiger partial charge in [-0.2, -0.15) is 0 Å². The minimum absolute atomic E-state index is 0.214. The summed E-state index contributed by atoms with van der Waals surface area (Å²) in [5, 5.41) is 3.78. The van der Waals surface area contributed by atoms with Crippen LogP contribution < -0.4 is 14.8 Å². The van der Waals surface area contributed by atoms with Crippen LogP contribution in [0.1, 0.15) is 0 Å². The number of nitrogens with one attached hydrogen (secondary N) is 2. The van der Waals surface area contributed by atoms with E-state index in [9.17, 15) is 8.42 Å². The molecule has 0 saturated carbocycles. The van der Waals surface area contributed by atoms with E-state index in [0.29, 0.717) is 16.5 Å². The van der Waals surface area contributed by atoms with Crippen molar-refractivity contribution in [3.63, 3.8) is 0 Å². The molecule has 26 heavy (non-hydrogen) atoms. The Hall–Kier alpha value is -2.70. The molecule has 3 aromatic carbocycles. The molecule has 0 atom stereocenters. The Kier molecular flexibility index (Phi) is 5.35. The fraction of sp³-hybridized carbons (Fsp3) is 0.0526. The van der Waals surface area contributed by atoms with Crippen molar-refractivity contribution in [2.24, 2.45) is 0 Å². The normalized spacial score (nSPS) is 11.0. The van der Waals surface area contributed by atoms with Gasteiger partial charge in [-0.05, 0) is 54.6 Å². The number of methoxy groups -OCH3 is 1. The van der Waals surface area contributed by atoms with Crippen LogP contribution in [0.4, 0.5) is 17.1 Å². The van der Waals surface area contributed by atoms with Gasteiger partial charge in [-0.1, -0.05) is 29.8 Å². The third kappa shape index (κ3) is 4.28. The molecule has 0 amide bonds. The minimum Gasteiger partial charge on any atom is -0.495 e. The zero-order valence-electron chi connectivity index (χ0n) is 13.9. The van der Waals surface area contributed by atoms with Crippen LogP contribution in [-0.2, 0) is 10.0 Å². The van der Waals surface area contributed by atoms with Gasteiger partial charge in [-0.3, -0.25) is 4.72 Å². The Bertz CT molecular complexity index is 991. The quantitative estimate of drug-likeness (QED) is 0.630. The molecule has 134 valence electrons. The van der Waals surface area contributed by atoms with Crippen molar-refractivity contribution >= 4 is 38.7 Å². The van der Waals surface area contributed by atoms with E-state index in [-0.39, 0.29) is 4.90 Å². The minimum atomic E-state index is -3.61. The van der Waals surface area contributed by atoms with Crippen molar-refractivity contribution < 1.29 is 13.2 Å². The van der Waals surface area contributed by atoms with Crippen LogP contribution in [0.3, 0.4) is 0 Å². The SMILES string of the molecule is COc1ccc(Cl)cc1Nc1ccc(NS(=O)(=O)c2ccccc2)cc1. The van der Waals surface area contributed by atoms with E-state index >= 15 is 0 Å². The molecule has 3 aromatic rings. The third-order valence-electron chi connectivity index (χ3n) is 3.63. The summed E-state index contributed by atoms with van der Waals surface area (Å²) < 4.78 is 32.5. The number of rotatable bonds is 6.